The molecule has 0 saturated carbocycles. The van der Waals surface area contributed by atoms with Crippen molar-refractivity contribution in [3.8, 4) is 11.5 Å². The molecule has 24 heavy (non-hydrogen) atoms. The van der Waals surface area contributed by atoms with Gasteiger partial charge in [-0.15, -0.1) is 0 Å². The summed E-state index contributed by atoms with van der Waals surface area (Å²) < 4.78 is 19.0. The Labute approximate surface area is 139 Å². The Bertz CT molecular complexity index is 857. The zero-order chi connectivity index (χ0) is 16.5. The lowest BCUT2D eigenvalue weighted by Gasteiger charge is -2.21. The number of nitrogens with zero attached hydrogens (tertiary/aromatic N) is 2. The van der Waals surface area contributed by atoms with Gasteiger partial charge in [-0.25, -0.2) is 9.37 Å². The van der Waals surface area contributed by atoms with Gasteiger partial charge in [-0.1, -0.05) is 6.07 Å². The van der Waals surface area contributed by atoms with E-state index in [2.05, 4.69) is 9.97 Å². The van der Waals surface area contributed by atoms with E-state index in [1.165, 1.54) is 12.1 Å². The van der Waals surface area contributed by atoms with Crippen molar-refractivity contribution in [3.05, 3.63) is 71.1 Å². The Morgan fingerprint density at radius 1 is 1.21 bits per heavy atom. The van der Waals surface area contributed by atoms with Crippen LogP contribution in [0.3, 0.4) is 0 Å². The summed E-state index contributed by atoms with van der Waals surface area (Å²) in [7, 11) is 0. The lowest BCUT2D eigenvalue weighted by molar-refractivity contribution is 0.460. The topological polar surface area (TPSA) is 64.9 Å². The third kappa shape index (κ3) is 2.71. The number of halogens is 1. The van der Waals surface area contributed by atoms with E-state index in [-0.39, 0.29) is 5.82 Å². The lowest BCUT2D eigenvalue weighted by Crippen LogP contribution is -2.16. The van der Waals surface area contributed by atoms with Gasteiger partial charge < -0.3 is 10.2 Å². The molecule has 5 heteroatoms. The zero-order valence-corrected chi connectivity index (χ0v) is 13.2. The third-order valence-corrected chi connectivity index (χ3v) is 4.56. The summed E-state index contributed by atoms with van der Waals surface area (Å²) in [6.07, 6.45) is 4.41. The summed E-state index contributed by atoms with van der Waals surface area (Å²) in [5.74, 6) is 1.53. The molecule has 0 aliphatic heterocycles. The van der Waals surface area contributed by atoms with Gasteiger partial charge in [0.25, 0.3) is 0 Å². The molecule has 4 rings (SSSR count). The van der Waals surface area contributed by atoms with Crippen LogP contribution in [-0.2, 0) is 19.4 Å². The first-order valence-electron chi connectivity index (χ1n) is 8.13. The number of pyridine rings is 1. The fourth-order valence-corrected chi connectivity index (χ4v) is 3.32. The van der Waals surface area contributed by atoms with Crippen LogP contribution >= 0.6 is 0 Å². The summed E-state index contributed by atoms with van der Waals surface area (Å²) in [5, 5.41) is 0. The van der Waals surface area contributed by atoms with E-state index in [0.717, 1.165) is 47.5 Å². The third-order valence-electron chi connectivity index (χ3n) is 4.56. The van der Waals surface area contributed by atoms with Gasteiger partial charge in [0.2, 0.25) is 5.89 Å². The van der Waals surface area contributed by atoms with Gasteiger partial charge in [-0.3, -0.25) is 4.98 Å². The molecular weight excluding hydrogens is 305 g/mol. The second-order valence-electron chi connectivity index (χ2n) is 6.09. The quantitative estimate of drug-likeness (QED) is 0.800. The first-order valence-corrected chi connectivity index (χ1v) is 8.13. The first kappa shape index (κ1) is 15.0. The maximum atomic E-state index is 13.1. The second-order valence-corrected chi connectivity index (χ2v) is 6.09. The average molecular weight is 323 g/mol. The molecule has 4 nitrogen and oxygen atoms in total. The Morgan fingerprint density at radius 2 is 2.04 bits per heavy atom. The summed E-state index contributed by atoms with van der Waals surface area (Å²) >= 11 is 0. The summed E-state index contributed by atoms with van der Waals surface area (Å²) in [5.41, 5.74) is 9.76. The molecule has 2 heterocycles. The van der Waals surface area contributed by atoms with Gasteiger partial charge >= 0.3 is 0 Å². The molecule has 0 amide bonds. The van der Waals surface area contributed by atoms with Crippen LogP contribution in [0, 0.1) is 5.82 Å². The molecular formula is C19H18FN3O. The van der Waals surface area contributed by atoms with Crippen LogP contribution in [0.4, 0.5) is 4.39 Å². The Balaban J connectivity index is 1.63. The normalized spacial score (nSPS) is 16.8. The molecule has 1 atom stereocenters. The van der Waals surface area contributed by atoms with Crippen LogP contribution in [0.25, 0.3) is 11.5 Å². The van der Waals surface area contributed by atoms with Crippen LogP contribution in [-0.4, -0.2) is 9.97 Å². The molecule has 3 aromatic rings. The molecule has 0 fully saturated rings. The number of nitrogens with two attached hydrogens (primary N) is 1. The molecule has 1 aliphatic carbocycles. The number of aryl methyl sites for hydroxylation is 1. The fourth-order valence-electron chi connectivity index (χ4n) is 3.32. The van der Waals surface area contributed by atoms with E-state index in [4.69, 9.17) is 10.2 Å². The SMILES string of the molecule is NCc1cccnc1C1CCc2oc(-c3ccc(F)cc3)nc2C1. The molecule has 0 saturated heterocycles. The fraction of sp³-hybridized carbons (Fsp3) is 0.263. The molecule has 1 aromatic carbocycles. The van der Waals surface area contributed by atoms with Crippen molar-refractivity contribution in [1.82, 2.24) is 9.97 Å². The minimum atomic E-state index is -0.264. The van der Waals surface area contributed by atoms with E-state index in [1.54, 1.807) is 12.1 Å². The van der Waals surface area contributed by atoms with Crippen LogP contribution in [0.1, 0.15) is 35.1 Å². The minimum absolute atomic E-state index is 0.264. The zero-order valence-electron chi connectivity index (χ0n) is 13.2. The predicted octanol–water partition coefficient (Wildman–Crippen LogP) is 3.61. The van der Waals surface area contributed by atoms with Gasteiger partial charge in [-0.05, 0) is 42.3 Å². The maximum absolute atomic E-state index is 13.1. The summed E-state index contributed by atoms with van der Waals surface area (Å²) in [6.45, 7) is 0.492. The van der Waals surface area contributed by atoms with E-state index < -0.39 is 0 Å². The first-order chi connectivity index (χ1) is 11.7. The highest BCUT2D eigenvalue weighted by atomic mass is 19.1. The second kappa shape index (κ2) is 6.17. The highest BCUT2D eigenvalue weighted by Gasteiger charge is 2.27. The largest absolute Gasteiger partial charge is 0.441 e. The van der Waals surface area contributed by atoms with E-state index in [1.807, 2.05) is 18.3 Å². The van der Waals surface area contributed by atoms with Crippen LogP contribution in [0.5, 0.6) is 0 Å². The monoisotopic (exact) mass is 323 g/mol. The molecule has 2 aromatic heterocycles. The minimum Gasteiger partial charge on any atom is -0.441 e. The Hall–Kier alpha value is -2.53. The summed E-state index contributed by atoms with van der Waals surface area (Å²) in [4.78, 5) is 9.17. The van der Waals surface area contributed by atoms with Crippen molar-refractivity contribution in [3.63, 3.8) is 0 Å². The van der Waals surface area contributed by atoms with E-state index in [9.17, 15) is 4.39 Å². The number of benzene rings is 1. The standard InChI is InChI=1S/C19H18FN3O/c20-15-6-3-12(4-7-15)19-23-16-10-13(5-8-17(16)24-19)18-14(11-21)2-1-9-22-18/h1-4,6-7,9,13H,5,8,10-11,21H2. The Kier molecular flexibility index (Phi) is 3.86. The molecule has 0 bridgehead atoms. The maximum Gasteiger partial charge on any atom is 0.226 e. The van der Waals surface area contributed by atoms with Gasteiger partial charge in [0, 0.05) is 42.8 Å². The highest BCUT2D eigenvalue weighted by Crippen LogP contribution is 2.35. The number of hydrogen-bond donors (Lipinski definition) is 1. The van der Waals surface area contributed by atoms with Crippen molar-refractivity contribution in [2.45, 2.75) is 31.7 Å². The van der Waals surface area contributed by atoms with Crippen molar-refractivity contribution >= 4 is 0 Å². The number of fused-ring (bicyclic) bond motifs is 1. The smallest absolute Gasteiger partial charge is 0.226 e. The number of rotatable bonds is 3. The average Bonchev–Trinajstić information content (AvgIpc) is 3.05. The van der Waals surface area contributed by atoms with Crippen LogP contribution in [0.15, 0.2) is 47.0 Å². The van der Waals surface area contributed by atoms with Crippen LogP contribution < -0.4 is 5.73 Å². The molecule has 0 spiro atoms. The molecule has 122 valence electrons. The van der Waals surface area contributed by atoms with Gasteiger partial charge in [0.05, 0.1) is 5.69 Å². The van der Waals surface area contributed by atoms with E-state index >= 15 is 0 Å². The van der Waals surface area contributed by atoms with Crippen molar-refractivity contribution in [1.29, 1.82) is 0 Å². The summed E-state index contributed by atoms with van der Waals surface area (Å²) in [6, 6.07) is 10.2. The van der Waals surface area contributed by atoms with Gasteiger partial charge in [0.1, 0.15) is 11.6 Å². The van der Waals surface area contributed by atoms with Gasteiger partial charge in [0.15, 0.2) is 0 Å². The lowest BCUT2D eigenvalue weighted by atomic mass is 9.86. The number of aromatic nitrogens is 2. The molecule has 1 unspecified atom stereocenters. The van der Waals surface area contributed by atoms with E-state index in [0.29, 0.717) is 18.4 Å². The van der Waals surface area contributed by atoms with Gasteiger partial charge in [-0.2, -0.15) is 0 Å². The molecule has 1 aliphatic rings. The Morgan fingerprint density at radius 3 is 2.83 bits per heavy atom. The van der Waals surface area contributed by atoms with Crippen molar-refractivity contribution in [2.75, 3.05) is 0 Å². The molecule has 0 radical (unpaired) electrons. The van der Waals surface area contributed by atoms with Crippen molar-refractivity contribution < 1.29 is 8.81 Å². The highest BCUT2D eigenvalue weighted by molar-refractivity contribution is 5.53. The number of hydrogen-bond acceptors (Lipinski definition) is 4. The predicted molar refractivity (Wildman–Crippen MR) is 88.8 cm³/mol. The number of oxazole rings is 1. The van der Waals surface area contributed by atoms with Crippen molar-refractivity contribution in [2.24, 2.45) is 5.73 Å². The molecule has 2 N–H and O–H groups in total. The van der Waals surface area contributed by atoms with Crippen LogP contribution in [0.2, 0.25) is 0 Å².